The van der Waals surface area contributed by atoms with Crippen LogP contribution in [0.3, 0.4) is 0 Å². The zero-order chi connectivity index (χ0) is 21.3. The van der Waals surface area contributed by atoms with Gasteiger partial charge in [-0.15, -0.1) is 0 Å². The van der Waals surface area contributed by atoms with E-state index in [1.807, 2.05) is 56.0 Å². The number of aromatic nitrogens is 3. The van der Waals surface area contributed by atoms with Gasteiger partial charge in [-0.25, -0.2) is 5.10 Å². The van der Waals surface area contributed by atoms with Crippen LogP contribution in [0.2, 0.25) is 0 Å². The van der Waals surface area contributed by atoms with E-state index in [2.05, 4.69) is 15.4 Å². The molecule has 1 amide bonds. The summed E-state index contributed by atoms with van der Waals surface area (Å²) in [6.07, 6.45) is 1.57. The molecule has 7 nitrogen and oxygen atoms in total. The number of H-pyrrole nitrogens is 1. The van der Waals surface area contributed by atoms with E-state index in [0.717, 1.165) is 29.8 Å². The summed E-state index contributed by atoms with van der Waals surface area (Å²) < 4.78 is 5.38. The van der Waals surface area contributed by atoms with E-state index >= 15 is 0 Å². The van der Waals surface area contributed by atoms with Crippen molar-refractivity contribution in [1.29, 1.82) is 0 Å². The summed E-state index contributed by atoms with van der Waals surface area (Å²) in [6.45, 7) is 7.17. The van der Waals surface area contributed by atoms with Gasteiger partial charge >= 0.3 is 0 Å². The van der Waals surface area contributed by atoms with Crippen LogP contribution in [-0.4, -0.2) is 39.3 Å². The van der Waals surface area contributed by atoms with Gasteiger partial charge in [0.1, 0.15) is 0 Å². The number of hydrogen-bond donors (Lipinski definition) is 1. The van der Waals surface area contributed by atoms with Crippen LogP contribution in [0.25, 0.3) is 11.3 Å². The zero-order valence-corrected chi connectivity index (χ0v) is 17.5. The fourth-order valence-electron chi connectivity index (χ4n) is 4.06. The predicted octanol–water partition coefficient (Wildman–Crippen LogP) is 3.55. The van der Waals surface area contributed by atoms with Gasteiger partial charge in [-0.2, -0.15) is 5.10 Å². The van der Waals surface area contributed by atoms with Crippen molar-refractivity contribution in [2.24, 2.45) is 0 Å². The van der Waals surface area contributed by atoms with E-state index in [1.54, 1.807) is 0 Å². The van der Waals surface area contributed by atoms with E-state index < -0.39 is 0 Å². The predicted molar refractivity (Wildman–Crippen MR) is 113 cm³/mol. The largest absolute Gasteiger partial charge is 0.356 e. The Labute approximate surface area is 175 Å². The number of nitrogens with one attached hydrogen (secondary N) is 1. The maximum Gasteiger partial charge on any atom is 0.264 e. The molecule has 0 saturated carbocycles. The molecule has 156 valence electrons. The van der Waals surface area contributed by atoms with Gasteiger partial charge in [-0.3, -0.25) is 9.59 Å². The van der Waals surface area contributed by atoms with Crippen LogP contribution in [0.4, 0.5) is 0 Å². The number of rotatable bonds is 4. The van der Waals surface area contributed by atoms with Gasteiger partial charge in [0.2, 0.25) is 5.91 Å². The van der Waals surface area contributed by atoms with E-state index in [1.165, 1.54) is 11.6 Å². The summed E-state index contributed by atoms with van der Waals surface area (Å²) in [6, 6.07) is 11.5. The Kier molecular flexibility index (Phi) is 5.53. The van der Waals surface area contributed by atoms with Gasteiger partial charge in [0.15, 0.2) is 5.76 Å². The minimum Gasteiger partial charge on any atom is -0.356 e. The van der Waals surface area contributed by atoms with Crippen molar-refractivity contribution >= 4 is 5.91 Å². The van der Waals surface area contributed by atoms with Crippen molar-refractivity contribution in [1.82, 2.24) is 20.3 Å². The van der Waals surface area contributed by atoms with Gasteiger partial charge in [-0.05, 0) is 39.2 Å². The molecule has 1 aliphatic heterocycles. The first-order valence-electron chi connectivity index (χ1n) is 10.3. The molecule has 0 aliphatic carbocycles. The highest BCUT2D eigenvalue weighted by Gasteiger charge is 2.30. The van der Waals surface area contributed by atoms with Crippen LogP contribution in [0.1, 0.15) is 54.1 Å². The smallest absolute Gasteiger partial charge is 0.264 e. The Bertz CT molecular complexity index is 1090. The van der Waals surface area contributed by atoms with E-state index in [0.29, 0.717) is 24.4 Å². The summed E-state index contributed by atoms with van der Waals surface area (Å²) >= 11 is 0. The van der Waals surface area contributed by atoms with Crippen LogP contribution in [0, 0.1) is 13.8 Å². The first-order chi connectivity index (χ1) is 14.4. The highest BCUT2D eigenvalue weighted by Crippen LogP contribution is 2.34. The first-order valence-corrected chi connectivity index (χ1v) is 10.3. The van der Waals surface area contributed by atoms with Gasteiger partial charge < -0.3 is 9.42 Å². The highest BCUT2D eigenvalue weighted by molar-refractivity contribution is 5.83. The molecule has 1 aromatic carbocycles. The van der Waals surface area contributed by atoms with Crippen LogP contribution in [0.5, 0.6) is 0 Å². The topological polar surface area (TPSA) is 92.1 Å². The van der Waals surface area contributed by atoms with Crippen LogP contribution in [-0.2, 0) is 4.79 Å². The molecule has 1 N–H and O–H groups in total. The number of nitrogens with zero attached hydrogens (tertiary/aromatic N) is 3. The summed E-state index contributed by atoms with van der Waals surface area (Å²) in [7, 11) is 0. The lowest BCUT2D eigenvalue weighted by Gasteiger charge is -2.33. The molecule has 2 aromatic heterocycles. The van der Waals surface area contributed by atoms with Crippen molar-refractivity contribution in [3.8, 4) is 11.3 Å². The lowest BCUT2D eigenvalue weighted by atomic mass is 9.89. The summed E-state index contributed by atoms with van der Waals surface area (Å²) in [5.74, 6) is 0.674. The third-order valence-corrected chi connectivity index (χ3v) is 5.87. The average Bonchev–Trinajstić information content (AvgIpc) is 3.19. The Balaban J connectivity index is 1.48. The number of aryl methyl sites for hydroxylation is 2. The SMILES string of the molecule is Cc1ccc(C(C)C(=O)N2CCC(c3n[nH]c(=O)cc3-c3cc(C)no3)CC2)cc1. The van der Waals surface area contributed by atoms with E-state index in [9.17, 15) is 9.59 Å². The summed E-state index contributed by atoms with van der Waals surface area (Å²) in [5, 5.41) is 10.8. The maximum atomic E-state index is 13.0. The number of benzene rings is 1. The van der Waals surface area contributed by atoms with Crippen LogP contribution < -0.4 is 5.56 Å². The Morgan fingerprint density at radius 1 is 1.17 bits per heavy atom. The van der Waals surface area contributed by atoms with Gasteiger partial charge in [-0.1, -0.05) is 35.0 Å². The lowest BCUT2D eigenvalue weighted by Crippen LogP contribution is -2.40. The molecule has 3 heterocycles. The van der Waals surface area contributed by atoms with Crippen molar-refractivity contribution in [2.45, 2.75) is 45.4 Å². The third-order valence-electron chi connectivity index (χ3n) is 5.87. The second-order valence-corrected chi connectivity index (χ2v) is 8.10. The Morgan fingerprint density at radius 2 is 1.87 bits per heavy atom. The number of likely N-dealkylation sites (tertiary alicyclic amines) is 1. The molecule has 0 bridgehead atoms. The van der Waals surface area contributed by atoms with Crippen molar-refractivity contribution in [3.05, 3.63) is 69.3 Å². The lowest BCUT2D eigenvalue weighted by molar-refractivity contribution is -0.133. The zero-order valence-electron chi connectivity index (χ0n) is 17.5. The number of aromatic amines is 1. The van der Waals surface area contributed by atoms with Crippen molar-refractivity contribution in [2.75, 3.05) is 13.1 Å². The molecule has 1 atom stereocenters. The number of carbonyl (C=O) groups is 1. The van der Waals surface area contributed by atoms with Gasteiger partial charge in [0, 0.05) is 36.7 Å². The van der Waals surface area contributed by atoms with E-state index in [4.69, 9.17) is 4.52 Å². The molecular weight excluding hydrogens is 380 g/mol. The highest BCUT2D eigenvalue weighted by atomic mass is 16.5. The van der Waals surface area contributed by atoms with E-state index in [-0.39, 0.29) is 23.3 Å². The van der Waals surface area contributed by atoms with Gasteiger partial charge in [0.25, 0.3) is 5.56 Å². The number of piperidine rings is 1. The molecule has 1 saturated heterocycles. The number of hydrogen-bond acceptors (Lipinski definition) is 5. The molecule has 0 spiro atoms. The fraction of sp³-hybridized carbons (Fsp3) is 0.391. The molecule has 30 heavy (non-hydrogen) atoms. The number of carbonyl (C=O) groups excluding carboxylic acids is 1. The molecule has 1 unspecified atom stereocenters. The molecule has 7 heteroatoms. The van der Waals surface area contributed by atoms with Crippen LogP contribution in [0.15, 0.2) is 45.7 Å². The minimum atomic E-state index is -0.276. The molecule has 1 aliphatic rings. The molecular formula is C23H26N4O3. The van der Waals surface area contributed by atoms with Gasteiger partial charge in [0.05, 0.1) is 17.3 Å². The second-order valence-electron chi connectivity index (χ2n) is 8.10. The quantitative estimate of drug-likeness (QED) is 0.715. The Morgan fingerprint density at radius 3 is 2.50 bits per heavy atom. The summed E-state index contributed by atoms with van der Waals surface area (Å²) in [4.78, 5) is 26.8. The number of amides is 1. The minimum absolute atomic E-state index is 0.140. The average molecular weight is 406 g/mol. The second kappa shape index (κ2) is 8.26. The maximum absolute atomic E-state index is 13.0. The normalized spacial score (nSPS) is 15.9. The monoisotopic (exact) mass is 406 g/mol. The van der Waals surface area contributed by atoms with Crippen molar-refractivity contribution in [3.63, 3.8) is 0 Å². The fourth-order valence-corrected chi connectivity index (χ4v) is 4.06. The molecule has 1 fully saturated rings. The molecule has 3 aromatic rings. The molecule has 0 radical (unpaired) electrons. The first kappa shape index (κ1) is 20.1. The third kappa shape index (κ3) is 4.06. The molecule has 4 rings (SSSR count). The summed E-state index contributed by atoms with van der Waals surface area (Å²) in [5.41, 5.74) is 4.18. The van der Waals surface area contributed by atoms with Crippen LogP contribution >= 0.6 is 0 Å². The van der Waals surface area contributed by atoms with Crippen molar-refractivity contribution < 1.29 is 9.32 Å². The Hall–Kier alpha value is -3.22. The standard InChI is InChI=1S/C23H26N4O3/c1-14-4-6-17(7-5-14)16(3)23(29)27-10-8-18(9-11-27)22-19(13-21(28)24-25-22)20-12-15(2)26-30-20/h4-7,12-13,16,18H,8-11H2,1-3H3,(H,24,28).